The molecule has 3 aliphatic carbocycles. The zero-order valence-electron chi connectivity index (χ0n) is 7.57. The van der Waals surface area contributed by atoms with Crippen LogP contribution in [0.3, 0.4) is 0 Å². The van der Waals surface area contributed by atoms with Gasteiger partial charge in [-0.05, 0) is 48.3 Å². The Morgan fingerprint density at radius 3 is 2.92 bits per heavy atom. The molecule has 7 unspecified atom stereocenters. The Bertz CT molecular complexity index is 225. The van der Waals surface area contributed by atoms with E-state index >= 15 is 0 Å². The lowest BCUT2D eigenvalue weighted by molar-refractivity contribution is -0.180. The largest absolute Gasteiger partial charge is 0.377 e. The van der Waals surface area contributed by atoms with Gasteiger partial charge in [-0.1, -0.05) is 6.92 Å². The first-order valence-electron chi connectivity index (χ1n) is 5.48. The second kappa shape index (κ2) is 1.75. The summed E-state index contributed by atoms with van der Waals surface area (Å²) in [7, 11) is 0. The minimum absolute atomic E-state index is 0.674. The molecule has 1 nitrogen and oxygen atoms in total. The molecule has 2 bridgehead atoms. The van der Waals surface area contributed by atoms with E-state index in [1.807, 2.05) is 0 Å². The van der Waals surface area contributed by atoms with E-state index in [9.17, 15) is 0 Å². The molecular weight excluding hydrogens is 148 g/mol. The number of fused-ring (bicyclic) bond motifs is 2. The summed E-state index contributed by atoms with van der Waals surface area (Å²) in [5.74, 6) is 6.16. The lowest BCUT2D eigenvalue weighted by atomic mass is 9.55. The van der Waals surface area contributed by atoms with Crippen molar-refractivity contribution in [2.75, 3.05) is 6.61 Å². The molecule has 0 aromatic carbocycles. The second-order valence-corrected chi connectivity index (χ2v) is 5.46. The first-order valence-corrected chi connectivity index (χ1v) is 5.48. The highest BCUT2D eigenvalue weighted by atomic mass is 16.5. The predicted octanol–water partition coefficient (Wildman–Crippen LogP) is 1.92. The lowest BCUT2D eigenvalue weighted by Gasteiger charge is -2.55. The summed E-state index contributed by atoms with van der Waals surface area (Å²) in [5.41, 5.74) is 0. The first-order chi connectivity index (χ1) is 5.86. The topological polar surface area (TPSA) is 9.23 Å². The standard InChI is InChI=1S/C11H16O/c1-5-7-3-9-10-6(2-8(7)10)4-12-11(5)9/h5-11H,2-4H2,1H3. The normalized spacial score (nSPS) is 71.2. The molecule has 1 saturated heterocycles. The van der Waals surface area contributed by atoms with Gasteiger partial charge in [0.25, 0.3) is 0 Å². The maximum Gasteiger partial charge on any atom is 0.0634 e. The van der Waals surface area contributed by atoms with Gasteiger partial charge in [0.2, 0.25) is 0 Å². The van der Waals surface area contributed by atoms with Gasteiger partial charge in [0.15, 0.2) is 0 Å². The summed E-state index contributed by atoms with van der Waals surface area (Å²) < 4.78 is 5.97. The van der Waals surface area contributed by atoms with E-state index in [1.165, 1.54) is 12.8 Å². The van der Waals surface area contributed by atoms with E-state index in [2.05, 4.69) is 6.92 Å². The fraction of sp³-hybridized carbons (Fsp3) is 1.00. The van der Waals surface area contributed by atoms with Gasteiger partial charge < -0.3 is 4.74 Å². The van der Waals surface area contributed by atoms with Crippen LogP contribution in [0.2, 0.25) is 0 Å². The van der Waals surface area contributed by atoms with Crippen molar-refractivity contribution in [2.45, 2.75) is 25.9 Å². The van der Waals surface area contributed by atoms with Gasteiger partial charge in [0, 0.05) is 0 Å². The quantitative estimate of drug-likeness (QED) is 0.531. The minimum Gasteiger partial charge on any atom is -0.377 e. The summed E-state index contributed by atoms with van der Waals surface area (Å²) in [4.78, 5) is 0. The number of hydrogen-bond donors (Lipinski definition) is 0. The van der Waals surface area contributed by atoms with Crippen LogP contribution in [0.1, 0.15) is 19.8 Å². The fourth-order valence-corrected chi connectivity index (χ4v) is 4.87. The Morgan fingerprint density at radius 2 is 2.00 bits per heavy atom. The van der Waals surface area contributed by atoms with Crippen LogP contribution in [0, 0.1) is 35.5 Å². The van der Waals surface area contributed by atoms with Crippen molar-refractivity contribution in [3.05, 3.63) is 0 Å². The Kier molecular flexibility index (Phi) is 0.934. The molecule has 4 aliphatic rings. The van der Waals surface area contributed by atoms with Gasteiger partial charge in [-0.3, -0.25) is 0 Å². The summed E-state index contributed by atoms with van der Waals surface area (Å²) in [5, 5.41) is 0. The van der Waals surface area contributed by atoms with Gasteiger partial charge >= 0.3 is 0 Å². The Morgan fingerprint density at radius 1 is 1.08 bits per heavy atom. The molecule has 0 radical (unpaired) electrons. The predicted molar refractivity (Wildman–Crippen MR) is 45.6 cm³/mol. The molecule has 0 N–H and O–H groups in total. The van der Waals surface area contributed by atoms with E-state index in [4.69, 9.17) is 4.74 Å². The Labute approximate surface area is 73.5 Å². The Balaban J connectivity index is 1.81. The molecule has 1 heteroatoms. The van der Waals surface area contributed by atoms with Gasteiger partial charge in [-0.2, -0.15) is 0 Å². The molecule has 12 heavy (non-hydrogen) atoms. The average Bonchev–Trinajstić information content (AvgIpc) is 2.47. The molecule has 7 atom stereocenters. The summed E-state index contributed by atoms with van der Waals surface area (Å²) >= 11 is 0. The molecule has 4 fully saturated rings. The highest BCUT2D eigenvalue weighted by Gasteiger charge is 2.65. The van der Waals surface area contributed by atoms with E-state index in [0.717, 1.165) is 42.1 Å². The van der Waals surface area contributed by atoms with Crippen molar-refractivity contribution in [1.29, 1.82) is 0 Å². The maximum atomic E-state index is 5.97. The molecule has 1 heterocycles. The highest BCUT2D eigenvalue weighted by Crippen LogP contribution is 2.68. The molecule has 0 spiro atoms. The molecule has 66 valence electrons. The van der Waals surface area contributed by atoms with Gasteiger partial charge in [0.1, 0.15) is 0 Å². The number of rotatable bonds is 0. The third-order valence-electron chi connectivity index (χ3n) is 5.32. The van der Waals surface area contributed by atoms with Crippen molar-refractivity contribution in [3.63, 3.8) is 0 Å². The van der Waals surface area contributed by atoms with Crippen LogP contribution in [0.5, 0.6) is 0 Å². The van der Waals surface area contributed by atoms with Crippen LogP contribution in [-0.4, -0.2) is 12.7 Å². The average molecular weight is 164 g/mol. The van der Waals surface area contributed by atoms with Gasteiger partial charge in [-0.25, -0.2) is 0 Å². The van der Waals surface area contributed by atoms with E-state index < -0.39 is 0 Å². The van der Waals surface area contributed by atoms with Crippen molar-refractivity contribution in [1.82, 2.24) is 0 Å². The molecule has 0 aromatic rings. The smallest absolute Gasteiger partial charge is 0.0634 e. The van der Waals surface area contributed by atoms with Crippen LogP contribution >= 0.6 is 0 Å². The third kappa shape index (κ3) is 0.477. The van der Waals surface area contributed by atoms with Crippen LogP contribution in [0.25, 0.3) is 0 Å². The van der Waals surface area contributed by atoms with Gasteiger partial charge in [0.05, 0.1) is 12.7 Å². The zero-order chi connectivity index (χ0) is 7.87. The zero-order valence-corrected chi connectivity index (χ0v) is 7.57. The van der Waals surface area contributed by atoms with E-state index in [1.54, 1.807) is 0 Å². The van der Waals surface area contributed by atoms with Crippen molar-refractivity contribution in [2.24, 2.45) is 35.5 Å². The van der Waals surface area contributed by atoms with Gasteiger partial charge in [-0.15, -0.1) is 0 Å². The van der Waals surface area contributed by atoms with Crippen molar-refractivity contribution >= 4 is 0 Å². The lowest BCUT2D eigenvalue weighted by Crippen LogP contribution is -2.55. The first kappa shape index (κ1) is 6.42. The monoisotopic (exact) mass is 164 g/mol. The molecule has 0 amide bonds. The number of ether oxygens (including phenoxy) is 1. The molecular formula is C11H16O. The Hall–Kier alpha value is -0.0400. The van der Waals surface area contributed by atoms with Crippen LogP contribution < -0.4 is 0 Å². The molecule has 1 aliphatic heterocycles. The summed E-state index contributed by atoms with van der Waals surface area (Å²) in [6, 6.07) is 0. The SMILES string of the molecule is CC1C2CC3C1OCC1CC2C13. The van der Waals surface area contributed by atoms with E-state index in [-0.39, 0.29) is 0 Å². The highest BCUT2D eigenvalue weighted by molar-refractivity contribution is 5.13. The molecule has 4 rings (SSSR count). The van der Waals surface area contributed by atoms with Crippen LogP contribution in [0.15, 0.2) is 0 Å². The fourth-order valence-electron chi connectivity index (χ4n) is 4.87. The van der Waals surface area contributed by atoms with Crippen molar-refractivity contribution in [3.8, 4) is 0 Å². The van der Waals surface area contributed by atoms with Crippen LogP contribution in [0.4, 0.5) is 0 Å². The van der Waals surface area contributed by atoms with E-state index in [0.29, 0.717) is 6.10 Å². The molecule has 0 aromatic heterocycles. The minimum atomic E-state index is 0.674. The maximum absolute atomic E-state index is 5.97. The van der Waals surface area contributed by atoms with Crippen LogP contribution in [-0.2, 0) is 4.74 Å². The number of hydrogen-bond acceptors (Lipinski definition) is 1. The molecule has 3 saturated carbocycles. The summed E-state index contributed by atoms with van der Waals surface area (Å²) in [6.07, 6.45) is 3.69. The second-order valence-electron chi connectivity index (χ2n) is 5.46. The summed E-state index contributed by atoms with van der Waals surface area (Å²) in [6.45, 7) is 3.52. The van der Waals surface area contributed by atoms with Crippen molar-refractivity contribution < 1.29 is 4.74 Å². The third-order valence-corrected chi connectivity index (χ3v) is 5.32.